The summed E-state index contributed by atoms with van der Waals surface area (Å²) in [6.07, 6.45) is 2.61. The van der Waals surface area contributed by atoms with Crippen molar-refractivity contribution in [3.8, 4) is 11.5 Å². The lowest BCUT2D eigenvalue weighted by Gasteiger charge is -2.11. The summed E-state index contributed by atoms with van der Waals surface area (Å²) in [4.78, 5) is 29.3. The van der Waals surface area contributed by atoms with Crippen molar-refractivity contribution in [1.82, 2.24) is 14.9 Å². The van der Waals surface area contributed by atoms with E-state index in [-0.39, 0.29) is 18.1 Å². The molecule has 2 heterocycles. The van der Waals surface area contributed by atoms with Gasteiger partial charge in [0, 0.05) is 18.1 Å². The van der Waals surface area contributed by atoms with Crippen LogP contribution in [0.3, 0.4) is 0 Å². The molecule has 0 atom stereocenters. The molecule has 0 radical (unpaired) electrons. The second-order valence-corrected chi connectivity index (χ2v) is 8.09. The number of likely N-dealkylation sites (N-methyl/N-ethyl adjacent to an activating group) is 1. The largest absolute Gasteiger partial charge is 0.493 e. The maximum atomic E-state index is 13.0. The molecule has 32 heavy (non-hydrogen) atoms. The number of nitrogens with zero attached hydrogens (tertiary/aromatic N) is 2. The molecular formula is C23H21Cl2N3O4. The molecule has 1 aliphatic heterocycles. The topological polar surface area (TPSA) is 82.5 Å². The summed E-state index contributed by atoms with van der Waals surface area (Å²) < 4.78 is 12.6. The molecule has 9 heteroatoms. The van der Waals surface area contributed by atoms with E-state index in [9.17, 15) is 9.59 Å². The number of fused-ring (bicyclic) bond motifs is 2. The number of allylic oxidation sites excluding steroid dienone is 1. The second-order valence-electron chi connectivity index (χ2n) is 7.25. The summed E-state index contributed by atoms with van der Waals surface area (Å²) in [6, 6.07) is 8.60. The van der Waals surface area contributed by atoms with Gasteiger partial charge in [-0.15, -0.1) is 0 Å². The third-order valence-electron chi connectivity index (χ3n) is 5.13. The summed E-state index contributed by atoms with van der Waals surface area (Å²) in [6.45, 7) is 2.81. The van der Waals surface area contributed by atoms with Crippen LogP contribution in [0.2, 0.25) is 10.0 Å². The van der Waals surface area contributed by atoms with E-state index in [2.05, 4.69) is 10.3 Å². The minimum Gasteiger partial charge on any atom is -0.493 e. The highest BCUT2D eigenvalue weighted by Crippen LogP contribution is 2.33. The van der Waals surface area contributed by atoms with E-state index in [4.69, 9.17) is 32.7 Å². The Balaban J connectivity index is 1.68. The van der Waals surface area contributed by atoms with Gasteiger partial charge in [-0.3, -0.25) is 14.2 Å². The summed E-state index contributed by atoms with van der Waals surface area (Å²) in [7, 11) is 1.54. The highest BCUT2D eigenvalue weighted by molar-refractivity contribution is 6.38. The van der Waals surface area contributed by atoms with Gasteiger partial charge in [-0.25, -0.2) is 4.98 Å². The van der Waals surface area contributed by atoms with E-state index < -0.39 is 0 Å². The number of aromatic nitrogens is 2. The Labute approximate surface area is 194 Å². The fourth-order valence-corrected chi connectivity index (χ4v) is 4.21. The van der Waals surface area contributed by atoms with Crippen LogP contribution >= 0.6 is 23.2 Å². The van der Waals surface area contributed by atoms with E-state index in [0.717, 1.165) is 11.1 Å². The van der Waals surface area contributed by atoms with Crippen LogP contribution in [0.5, 0.6) is 11.5 Å². The molecule has 0 unspecified atom stereocenters. The zero-order chi connectivity index (χ0) is 22.8. The quantitative estimate of drug-likeness (QED) is 0.580. The average Bonchev–Trinajstić information content (AvgIpc) is 3.16. The molecule has 1 amide bonds. The molecule has 1 aromatic heterocycles. The first-order valence-electron chi connectivity index (χ1n) is 10.1. The first-order valence-corrected chi connectivity index (χ1v) is 10.8. The number of nitrogens with one attached hydrogen (secondary N) is 1. The van der Waals surface area contributed by atoms with E-state index in [0.29, 0.717) is 57.8 Å². The number of ether oxygens (including phenoxy) is 2. The van der Waals surface area contributed by atoms with Gasteiger partial charge in [-0.05, 0) is 54.8 Å². The van der Waals surface area contributed by atoms with Crippen molar-refractivity contribution in [3.05, 3.63) is 62.1 Å². The normalized spacial score (nSPS) is 13.9. The number of hydrogen-bond donors (Lipinski definition) is 1. The molecule has 7 nitrogen and oxygen atoms in total. The Hall–Kier alpha value is -3.03. The molecule has 0 bridgehead atoms. The molecule has 2 aromatic carbocycles. The van der Waals surface area contributed by atoms with E-state index in [1.165, 1.54) is 7.11 Å². The lowest BCUT2D eigenvalue weighted by atomic mass is 10.1. The minimum absolute atomic E-state index is 0.0945. The van der Waals surface area contributed by atoms with Crippen LogP contribution in [0.4, 0.5) is 0 Å². The first kappa shape index (κ1) is 22.2. The zero-order valence-electron chi connectivity index (χ0n) is 17.6. The van der Waals surface area contributed by atoms with E-state index in [1.807, 2.05) is 25.1 Å². The van der Waals surface area contributed by atoms with Gasteiger partial charge in [0.15, 0.2) is 18.1 Å². The molecule has 3 aromatic rings. The monoisotopic (exact) mass is 473 g/mol. The number of hydrogen-bond acceptors (Lipinski definition) is 5. The van der Waals surface area contributed by atoms with Crippen LogP contribution in [-0.2, 0) is 11.3 Å². The molecule has 0 fully saturated rings. The maximum absolute atomic E-state index is 13.0. The summed E-state index contributed by atoms with van der Waals surface area (Å²) in [5.41, 5.74) is 2.04. The third kappa shape index (κ3) is 4.31. The molecule has 1 aliphatic rings. The predicted octanol–water partition coefficient (Wildman–Crippen LogP) is 4.17. The van der Waals surface area contributed by atoms with Crippen molar-refractivity contribution < 1.29 is 14.3 Å². The number of carbonyl (C=O) groups excluding carboxylic acids is 1. The molecule has 166 valence electrons. The fourth-order valence-electron chi connectivity index (χ4n) is 3.67. The van der Waals surface area contributed by atoms with Gasteiger partial charge in [-0.2, -0.15) is 0 Å². The summed E-state index contributed by atoms with van der Waals surface area (Å²) >= 11 is 12.4. The Morgan fingerprint density at radius 3 is 2.81 bits per heavy atom. The molecule has 0 saturated heterocycles. The second kappa shape index (κ2) is 9.22. The van der Waals surface area contributed by atoms with Gasteiger partial charge in [0.1, 0.15) is 5.82 Å². The van der Waals surface area contributed by atoms with Crippen molar-refractivity contribution in [2.24, 2.45) is 0 Å². The smallest absolute Gasteiger partial charge is 0.261 e. The van der Waals surface area contributed by atoms with Crippen molar-refractivity contribution >= 4 is 51.7 Å². The van der Waals surface area contributed by atoms with Crippen LogP contribution in [-0.4, -0.2) is 35.7 Å². The number of rotatable bonds is 6. The Morgan fingerprint density at radius 2 is 2.06 bits per heavy atom. The van der Waals surface area contributed by atoms with Gasteiger partial charge >= 0.3 is 0 Å². The van der Waals surface area contributed by atoms with Crippen LogP contribution < -0.4 is 20.3 Å². The third-order valence-corrected chi connectivity index (χ3v) is 5.64. The Morgan fingerprint density at radius 1 is 1.25 bits per heavy atom. The van der Waals surface area contributed by atoms with Crippen molar-refractivity contribution in [2.45, 2.75) is 19.9 Å². The number of methoxy groups -OCH3 is 1. The Bertz CT molecular complexity index is 1300. The van der Waals surface area contributed by atoms with Crippen molar-refractivity contribution in [2.75, 3.05) is 20.3 Å². The van der Waals surface area contributed by atoms with Crippen molar-refractivity contribution in [3.63, 3.8) is 0 Å². The lowest BCUT2D eigenvalue weighted by Crippen LogP contribution is -2.28. The summed E-state index contributed by atoms with van der Waals surface area (Å²) in [5.74, 6) is 1.36. The SMILES string of the molecule is CCNC(=O)COc1ccc(C=C2CCn3c2nc2c(Cl)cc(Cl)cc2c3=O)cc1OC. The standard InChI is InChI=1S/C23H21Cl2N3O4/c1-3-26-20(29)12-32-18-5-4-13(9-19(18)31-2)8-14-6-7-28-22(14)27-21-16(23(28)30)10-15(24)11-17(21)25/h4-5,8-11H,3,6-7,12H2,1-2H3,(H,26,29). The van der Waals surface area contributed by atoms with Gasteiger partial charge in [0.2, 0.25) is 0 Å². The van der Waals surface area contributed by atoms with Crippen molar-refractivity contribution in [1.29, 1.82) is 0 Å². The minimum atomic E-state index is -0.202. The number of carbonyl (C=O) groups is 1. The lowest BCUT2D eigenvalue weighted by molar-refractivity contribution is -0.123. The first-order chi connectivity index (χ1) is 15.4. The number of halogens is 2. The molecule has 0 saturated carbocycles. The molecule has 0 aliphatic carbocycles. The zero-order valence-corrected chi connectivity index (χ0v) is 19.1. The van der Waals surface area contributed by atoms with Crippen LogP contribution in [0, 0.1) is 0 Å². The average molecular weight is 474 g/mol. The molecule has 0 spiro atoms. The molecule has 1 N–H and O–H groups in total. The molecular weight excluding hydrogens is 453 g/mol. The highest BCUT2D eigenvalue weighted by atomic mass is 35.5. The van der Waals surface area contributed by atoms with Crippen LogP contribution in [0.25, 0.3) is 22.6 Å². The van der Waals surface area contributed by atoms with Crippen LogP contribution in [0.15, 0.2) is 35.1 Å². The maximum Gasteiger partial charge on any atom is 0.261 e. The highest BCUT2D eigenvalue weighted by Gasteiger charge is 2.22. The van der Waals surface area contributed by atoms with Gasteiger partial charge in [-0.1, -0.05) is 29.3 Å². The number of amides is 1. The molecule has 4 rings (SSSR count). The van der Waals surface area contributed by atoms with Crippen LogP contribution in [0.1, 0.15) is 24.7 Å². The van der Waals surface area contributed by atoms with Gasteiger partial charge < -0.3 is 14.8 Å². The van der Waals surface area contributed by atoms with E-state index in [1.54, 1.807) is 22.8 Å². The number of benzene rings is 2. The summed E-state index contributed by atoms with van der Waals surface area (Å²) in [5, 5.41) is 3.83. The fraction of sp³-hybridized carbons (Fsp3) is 0.261. The van der Waals surface area contributed by atoms with E-state index >= 15 is 0 Å². The van der Waals surface area contributed by atoms with Gasteiger partial charge in [0.25, 0.3) is 11.5 Å². The van der Waals surface area contributed by atoms with Gasteiger partial charge in [0.05, 0.1) is 23.0 Å². The predicted molar refractivity (Wildman–Crippen MR) is 126 cm³/mol. The Kier molecular flexibility index (Phi) is 6.39.